The summed E-state index contributed by atoms with van der Waals surface area (Å²) in [7, 11) is 2.09. The van der Waals surface area contributed by atoms with Crippen LogP contribution in [-0.2, 0) is 6.54 Å². The summed E-state index contributed by atoms with van der Waals surface area (Å²) in [6, 6.07) is 9.19. The molecule has 0 radical (unpaired) electrons. The average molecular weight is 300 g/mol. The van der Waals surface area contributed by atoms with Crippen molar-refractivity contribution in [2.45, 2.75) is 25.4 Å². The highest BCUT2D eigenvalue weighted by Gasteiger charge is 2.24. The van der Waals surface area contributed by atoms with Gasteiger partial charge < -0.3 is 4.90 Å². The zero-order valence-corrected chi connectivity index (χ0v) is 12.8. The summed E-state index contributed by atoms with van der Waals surface area (Å²) in [4.78, 5) is 13.0. The first kappa shape index (κ1) is 14.9. The quantitative estimate of drug-likeness (QED) is 0.869. The van der Waals surface area contributed by atoms with Gasteiger partial charge in [0.15, 0.2) is 0 Å². The smallest absolute Gasteiger partial charge is 0.131 e. The molecule has 1 aliphatic heterocycles. The van der Waals surface area contributed by atoms with Crippen molar-refractivity contribution in [2.24, 2.45) is 0 Å². The summed E-state index contributed by atoms with van der Waals surface area (Å²) < 4.78 is 13.0. The number of piperidine rings is 1. The van der Waals surface area contributed by atoms with Crippen LogP contribution in [0.5, 0.6) is 0 Å². The van der Waals surface area contributed by atoms with Crippen LogP contribution in [-0.4, -0.2) is 41.0 Å². The third-order valence-corrected chi connectivity index (χ3v) is 4.28. The SMILES string of the molecule is CN(c1ccncn1)C1CCCN(Cc2ccc(F)cc2)C1. The summed E-state index contributed by atoms with van der Waals surface area (Å²) in [6.45, 7) is 2.96. The molecular weight excluding hydrogens is 279 g/mol. The van der Waals surface area contributed by atoms with Crippen molar-refractivity contribution in [3.05, 3.63) is 54.2 Å². The van der Waals surface area contributed by atoms with E-state index in [4.69, 9.17) is 0 Å². The molecular formula is C17H21FN4. The van der Waals surface area contributed by atoms with Crippen molar-refractivity contribution < 1.29 is 4.39 Å². The minimum Gasteiger partial charge on any atom is -0.355 e. The van der Waals surface area contributed by atoms with Gasteiger partial charge in [0.2, 0.25) is 0 Å². The number of nitrogens with zero attached hydrogens (tertiary/aromatic N) is 4. The molecule has 1 aromatic carbocycles. The van der Waals surface area contributed by atoms with Crippen LogP contribution in [0.1, 0.15) is 18.4 Å². The Balaban J connectivity index is 1.63. The van der Waals surface area contributed by atoms with Gasteiger partial charge in [0, 0.05) is 32.4 Å². The van der Waals surface area contributed by atoms with Crippen LogP contribution in [0.3, 0.4) is 0 Å². The fraction of sp³-hybridized carbons (Fsp3) is 0.412. The Kier molecular flexibility index (Phi) is 4.63. The highest BCUT2D eigenvalue weighted by molar-refractivity contribution is 5.37. The molecule has 1 aromatic heterocycles. The fourth-order valence-electron chi connectivity index (χ4n) is 3.02. The summed E-state index contributed by atoms with van der Waals surface area (Å²) in [6.07, 6.45) is 5.70. The summed E-state index contributed by atoms with van der Waals surface area (Å²) in [5.41, 5.74) is 1.16. The summed E-state index contributed by atoms with van der Waals surface area (Å²) >= 11 is 0. The Bertz CT molecular complexity index is 587. The molecule has 0 spiro atoms. The molecule has 1 atom stereocenters. The zero-order valence-electron chi connectivity index (χ0n) is 12.8. The largest absolute Gasteiger partial charge is 0.355 e. The van der Waals surface area contributed by atoms with Gasteiger partial charge in [0.25, 0.3) is 0 Å². The van der Waals surface area contributed by atoms with Crippen LogP contribution in [0, 0.1) is 5.82 Å². The molecule has 4 nitrogen and oxygen atoms in total. The van der Waals surface area contributed by atoms with Gasteiger partial charge in [-0.15, -0.1) is 0 Å². The summed E-state index contributed by atoms with van der Waals surface area (Å²) in [5, 5.41) is 0. The zero-order chi connectivity index (χ0) is 15.4. The lowest BCUT2D eigenvalue weighted by molar-refractivity contribution is 0.198. The minimum atomic E-state index is -0.177. The Hall–Kier alpha value is -2.01. The van der Waals surface area contributed by atoms with E-state index in [9.17, 15) is 4.39 Å². The lowest BCUT2D eigenvalue weighted by Crippen LogP contribution is -2.46. The predicted octanol–water partition coefficient (Wildman–Crippen LogP) is 2.72. The van der Waals surface area contributed by atoms with Crippen LogP contribution in [0.4, 0.5) is 10.2 Å². The number of rotatable bonds is 4. The molecule has 1 aliphatic rings. The van der Waals surface area contributed by atoms with E-state index >= 15 is 0 Å². The molecule has 0 aliphatic carbocycles. The maximum absolute atomic E-state index is 13.0. The Morgan fingerprint density at radius 1 is 1.27 bits per heavy atom. The van der Waals surface area contributed by atoms with E-state index in [0.717, 1.165) is 31.0 Å². The molecule has 3 rings (SSSR count). The molecule has 116 valence electrons. The molecule has 5 heteroatoms. The molecule has 0 bridgehead atoms. The number of hydrogen-bond acceptors (Lipinski definition) is 4. The molecule has 0 N–H and O–H groups in total. The topological polar surface area (TPSA) is 32.3 Å². The van der Waals surface area contributed by atoms with Crippen molar-refractivity contribution in [1.82, 2.24) is 14.9 Å². The second-order valence-electron chi connectivity index (χ2n) is 5.84. The number of likely N-dealkylation sites (N-methyl/N-ethyl adjacent to an activating group) is 1. The lowest BCUT2D eigenvalue weighted by atomic mass is 10.0. The molecule has 2 aromatic rings. The van der Waals surface area contributed by atoms with Gasteiger partial charge in [-0.2, -0.15) is 0 Å². The molecule has 1 saturated heterocycles. The predicted molar refractivity (Wildman–Crippen MR) is 85.1 cm³/mol. The van der Waals surface area contributed by atoms with Crippen LogP contribution >= 0.6 is 0 Å². The molecule has 22 heavy (non-hydrogen) atoms. The van der Waals surface area contributed by atoms with E-state index in [0.29, 0.717) is 6.04 Å². The molecule has 0 amide bonds. The van der Waals surface area contributed by atoms with Crippen molar-refractivity contribution in [2.75, 3.05) is 25.0 Å². The Morgan fingerprint density at radius 2 is 2.09 bits per heavy atom. The number of benzene rings is 1. The van der Waals surface area contributed by atoms with Crippen LogP contribution < -0.4 is 4.90 Å². The van der Waals surface area contributed by atoms with Gasteiger partial charge in [0.1, 0.15) is 18.0 Å². The Morgan fingerprint density at radius 3 is 2.82 bits per heavy atom. The van der Waals surface area contributed by atoms with Crippen molar-refractivity contribution in [3.63, 3.8) is 0 Å². The second-order valence-corrected chi connectivity index (χ2v) is 5.84. The number of aromatic nitrogens is 2. The van der Waals surface area contributed by atoms with Crippen LogP contribution in [0.15, 0.2) is 42.9 Å². The normalized spacial score (nSPS) is 19.1. The van der Waals surface area contributed by atoms with Gasteiger partial charge in [0.05, 0.1) is 0 Å². The molecule has 0 saturated carbocycles. The standard InChI is InChI=1S/C17H21FN4/c1-21(17-8-9-19-13-20-17)16-3-2-10-22(12-16)11-14-4-6-15(18)7-5-14/h4-9,13,16H,2-3,10-12H2,1H3. The number of anilines is 1. The second kappa shape index (κ2) is 6.83. The van der Waals surface area contributed by atoms with Gasteiger partial charge >= 0.3 is 0 Å². The van der Waals surface area contributed by atoms with E-state index in [-0.39, 0.29) is 5.82 Å². The van der Waals surface area contributed by atoms with E-state index in [2.05, 4.69) is 26.8 Å². The lowest BCUT2D eigenvalue weighted by Gasteiger charge is -2.38. The van der Waals surface area contributed by atoms with E-state index in [1.54, 1.807) is 12.5 Å². The fourth-order valence-corrected chi connectivity index (χ4v) is 3.02. The van der Waals surface area contributed by atoms with Gasteiger partial charge in [-0.1, -0.05) is 12.1 Å². The van der Waals surface area contributed by atoms with E-state index in [1.165, 1.54) is 25.0 Å². The summed E-state index contributed by atoms with van der Waals surface area (Å²) in [5.74, 6) is 0.785. The maximum atomic E-state index is 13.0. The Labute approximate surface area is 130 Å². The van der Waals surface area contributed by atoms with Gasteiger partial charge in [-0.05, 0) is 43.1 Å². The highest BCUT2D eigenvalue weighted by Crippen LogP contribution is 2.20. The van der Waals surface area contributed by atoms with Crippen molar-refractivity contribution in [3.8, 4) is 0 Å². The number of likely N-dealkylation sites (tertiary alicyclic amines) is 1. The number of halogens is 1. The minimum absolute atomic E-state index is 0.177. The number of hydrogen-bond donors (Lipinski definition) is 0. The first-order chi connectivity index (χ1) is 10.7. The average Bonchev–Trinajstić information content (AvgIpc) is 2.57. The third kappa shape index (κ3) is 3.60. The third-order valence-electron chi connectivity index (χ3n) is 4.28. The maximum Gasteiger partial charge on any atom is 0.131 e. The monoisotopic (exact) mass is 300 g/mol. The van der Waals surface area contributed by atoms with E-state index < -0.39 is 0 Å². The van der Waals surface area contributed by atoms with E-state index in [1.807, 2.05) is 18.2 Å². The molecule has 1 fully saturated rings. The van der Waals surface area contributed by atoms with Crippen molar-refractivity contribution >= 4 is 5.82 Å². The van der Waals surface area contributed by atoms with Crippen LogP contribution in [0.25, 0.3) is 0 Å². The molecule has 2 heterocycles. The van der Waals surface area contributed by atoms with Gasteiger partial charge in [-0.3, -0.25) is 4.90 Å². The van der Waals surface area contributed by atoms with Gasteiger partial charge in [-0.25, -0.2) is 14.4 Å². The van der Waals surface area contributed by atoms with Crippen molar-refractivity contribution in [1.29, 1.82) is 0 Å². The first-order valence-electron chi connectivity index (χ1n) is 7.68. The molecule has 1 unspecified atom stereocenters. The van der Waals surface area contributed by atoms with Crippen LogP contribution in [0.2, 0.25) is 0 Å². The highest BCUT2D eigenvalue weighted by atomic mass is 19.1. The first-order valence-corrected chi connectivity index (χ1v) is 7.68.